The summed E-state index contributed by atoms with van der Waals surface area (Å²) in [5.74, 6) is 1.02. The number of hydrogen-bond donors (Lipinski definition) is 2. The van der Waals surface area contributed by atoms with Crippen molar-refractivity contribution in [2.24, 2.45) is 0 Å². The van der Waals surface area contributed by atoms with E-state index in [1.807, 2.05) is 31.2 Å². The van der Waals surface area contributed by atoms with E-state index in [1.165, 1.54) is 0 Å². The fourth-order valence-corrected chi connectivity index (χ4v) is 2.88. The number of amides is 1. The molecule has 1 amide bonds. The van der Waals surface area contributed by atoms with Crippen LogP contribution in [0.4, 0.5) is 0 Å². The molecule has 0 spiro atoms. The Morgan fingerprint density at radius 2 is 1.96 bits per heavy atom. The van der Waals surface area contributed by atoms with Crippen molar-refractivity contribution in [2.45, 2.75) is 13.3 Å². The van der Waals surface area contributed by atoms with Crippen molar-refractivity contribution in [3.63, 3.8) is 0 Å². The first-order valence-corrected chi connectivity index (χ1v) is 8.82. The molecule has 0 saturated heterocycles. The smallest absolute Gasteiger partial charge is 0.255 e. The Kier molecular flexibility index (Phi) is 5.76. The second kappa shape index (κ2) is 8.40. The van der Waals surface area contributed by atoms with Crippen molar-refractivity contribution >= 4 is 16.8 Å². The van der Waals surface area contributed by atoms with E-state index in [0.717, 1.165) is 10.9 Å². The van der Waals surface area contributed by atoms with E-state index in [-0.39, 0.29) is 11.5 Å². The van der Waals surface area contributed by atoms with Gasteiger partial charge in [0.25, 0.3) is 11.5 Å². The molecular weight excluding hydrogens is 344 g/mol. The van der Waals surface area contributed by atoms with Crippen molar-refractivity contribution in [2.75, 3.05) is 20.3 Å². The molecule has 27 heavy (non-hydrogen) atoms. The summed E-state index contributed by atoms with van der Waals surface area (Å²) in [5, 5.41) is 3.76. The van der Waals surface area contributed by atoms with Gasteiger partial charge in [-0.3, -0.25) is 9.59 Å². The maximum Gasteiger partial charge on any atom is 0.255 e. The molecular formula is C21H22N2O4. The number of ether oxygens (including phenoxy) is 2. The van der Waals surface area contributed by atoms with Gasteiger partial charge >= 0.3 is 0 Å². The van der Waals surface area contributed by atoms with Gasteiger partial charge in [-0.05, 0) is 49.1 Å². The minimum Gasteiger partial charge on any atom is -0.497 e. The van der Waals surface area contributed by atoms with Gasteiger partial charge < -0.3 is 19.8 Å². The molecule has 2 aromatic carbocycles. The third-order valence-corrected chi connectivity index (χ3v) is 4.24. The van der Waals surface area contributed by atoms with Crippen LogP contribution in [-0.4, -0.2) is 31.2 Å². The molecule has 1 heterocycles. The molecule has 3 aromatic rings. The first-order chi connectivity index (χ1) is 13.1. The normalized spacial score (nSPS) is 10.6. The number of methoxy groups -OCH3 is 1. The van der Waals surface area contributed by atoms with Crippen LogP contribution in [0.1, 0.15) is 22.8 Å². The van der Waals surface area contributed by atoms with Crippen molar-refractivity contribution in [1.29, 1.82) is 0 Å². The average molecular weight is 366 g/mol. The van der Waals surface area contributed by atoms with Crippen molar-refractivity contribution in [3.8, 4) is 11.5 Å². The Morgan fingerprint density at radius 1 is 1.15 bits per heavy atom. The molecule has 6 heteroatoms. The average Bonchev–Trinajstić information content (AvgIpc) is 2.68. The number of carbonyl (C=O) groups excluding carboxylic acids is 1. The third-order valence-electron chi connectivity index (χ3n) is 4.24. The number of nitrogens with one attached hydrogen (secondary N) is 2. The largest absolute Gasteiger partial charge is 0.497 e. The summed E-state index contributed by atoms with van der Waals surface area (Å²) in [6, 6.07) is 14.5. The number of pyridine rings is 1. The predicted octanol–water partition coefficient (Wildman–Crippen LogP) is 2.91. The number of aromatic amines is 1. The molecule has 0 bridgehead atoms. The number of benzene rings is 2. The van der Waals surface area contributed by atoms with Crippen LogP contribution < -0.4 is 20.3 Å². The van der Waals surface area contributed by atoms with Gasteiger partial charge in [0.05, 0.1) is 24.8 Å². The lowest BCUT2D eigenvalue weighted by Crippen LogP contribution is -2.27. The van der Waals surface area contributed by atoms with Crippen LogP contribution in [0.3, 0.4) is 0 Å². The summed E-state index contributed by atoms with van der Waals surface area (Å²) in [7, 11) is 1.58. The van der Waals surface area contributed by atoms with Gasteiger partial charge in [0.2, 0.25) is 0 Å². The Bertz CT molecular complexity index is 1010. The van der Waals surface area contributed by atoms with Crippen molar-refractivity contribution in [1.82, 2.24) is 10.3 Å². The zero-order valence-electron chi connectivity index (χ0n) is 15.4. The summed E-state index contributed by atoms with van der Waals surface area (Å²) >= 11 is 0. The first-order valence-electron chi connectivity index (χ1n) is 8.82. The topological polar surface area (TPSA) is 80.4 Å². The fourth-order valence-electron chi connectivity index (χ4n) is 2.88. The number of fused-ring (bicyclic) bond motifs is 1. The fraction of sp³-hybridized carbons (Fsp3) is 0.238. The highest BCUT2D eigenvalue weighted by molar-refractivity contribution is 5.96. The standard InChI is InChI=1S/C21H22N2O4/c1-3-27-19-7-5-4-6-17(19)21(25)22-11-10-15-12-14-8-9-16(26-2)13-18(14)23-20(15)24/h4-9,12-13H,3,10-11H2,1-2H3,(H,22,25)(H,23,24). The van der Waals surface area contributed by atoms with Gasteiger partial charge in [-0.25, -0.2) is 0 Å². The van der Waals surface area contributed by atoms with E-state index in [2.05, 4.69) is 10.3 Å². The number of para-hydroxylation sites is 1. The number of rotatable bonds is 7. The van der Waals surface area contributed by atoms with Crippen LogP contribution in [0, 0.1) is 0 Å². The number of aromatic nitrogens is 1. The molecule has 0 radical (unpaired) electrons. The van der Waals surface area contributed by atoms with Crippen LogP contribution in [0.15, 0.2) is 53.3 Å². The predicted molar refractivity (Wildman–Crippen MR) is 105 cm³/mol. The molecule has 0 aliphatic rings. The maximum atomic E-state index is 12.4. The van der Waals surface area contributed by atoms with E-state index in [9.17, 15) is 9.59 Å². The number of hydrogen-bond acceptors (Lipinski definition) is 4. The second-order valence-corrected chi connectivity index (χ2v) is 6.01. The molecule has 0 atom stereocenters. The summed E-state index contributed by atoms with van der Waals surface area (Å²) in [5.41, 5.74) is 1.66. The van der Waals surface area contributed by atoms with Gasteiger partial charge in [0.1, 0.15) is 11.5 Å². The van der Waals surface area contributed by atoms with E-state index < -0.39 is 0 Å². The van der Waals surface area contributed by atoms with Gasteiger partial charge in [-0.2, -0.15) is 0 Å². The van der Waals surface area contributed by atoms with Crippen LogP contribution in [0.25, 0.3) is 10.9 Å². The summed E-state index contributed by atoms with van der Waals surface area (Å²) in [6.07, 6.45) is 0.430. The SMILES string of the molecule is CCOc1ccccc1C(=O)NCCc1cc2ccc(OC)cc2[nH]c1=O. The van der Waals surface area contributed by atoms with Crippen LogP contribution in [-0.2, 0) is 6.42 Å². The van der Waals surface area contributed by atoms with Crippen LogP contribution >= 0.6 is 0 Å². The lowest BCUT2D eigenvalue weighted by Gasteiger charge is -2.10. The summed E-state index contributed by atoms with van der Waals surface area (Å²) in [4.78, 5) is 27.6. The van der Waals surface area contributed by atoms with E-state index in [1.54, 1.807) is 31.4 Å². The molecule has 0 saturated carbocycles. The highest BCUT2D eigenvalue weighted by atomic mass is 16.5. The molecule has 6 nitrogen and oxygen atoms in total. The monoisotopic (exact) mass is 366 g/mol. The van der Waals surface area contributed by atoms with Crippen LogP contribution in [0.2, 0.25) is 0 Å². The van der Waals surface area contributed by atoms with Gasteiger partial charge in [0, 0.05) is 18.2 Å². The van der Waals surface area contributed by atoms with Crippen molar-refractivity contribution in [3.05, 3.63) is 70.0 Å². The molecule has 0 aliphatic heterocycles. The Balaban J connectivity index is 1.69. The number of H-pyrrole nitrogens is 1. The quantitative estimate of drug-likeness (QED) is 0.674. The molecule has 1 aromatic heterocycles. The summed E-state index contributed by atoms with van der Waals surface area (Å²) in [6.45, 7) is 2.71. The Labute approximate surface area is 157 Å². The number of carbonyl (C=O) groups is 1. The van der Waals surface area contributed by atoms with Gasteiger partial charge in [0.15, 0.2) is 0 Å². The highest BCUT2D eigenvalue weighted by Gasteiger charge is 2.12. The van der Waals surface area contributed by atoms with E-state index in [4.69, 9.17) is 9.47 Å². The Hall–Kier alpha value is -3.28. The van der Waals surface area contributed by atoms with E-state index >= 15 is 0 Å². The van der Waals surface area contributed by atoms with E-state index in [0.29, 0.717) is 42.2 Å². The zero-order valence-corrected chi connectivity index (χ0v) is 15.4. The molecule has 2 N–H and O–H groups in total. The molecule has 0 fully saturated rings. The maximum absolute atomic E-state index is 12.4. The zero-order chi connectivity index (χ0) is 19.2. The minimum atomic E-state index is -0.221. The second-order valence-electron chi connectivity index (χ2n) is 6.01. The lowest BCUT2D eigenvalue weighted by molar-refractivity contribution is 0.0950. The highest BCUT2D eigenvalue weighted by Crippen LogP contribution is 2.19. The molecule has 0 aliphatic carbocycles. The Morgan fingerprint density at radius 3 is 2.74 bits per heavy atom. The first kappa shape index (κ1) is 18.5. The van der Waals surface area contributed by atoms with Gasteiger partial charge in [-0.15, -0.1) is 0 Å². The third kappa shape index (κ3) is 4.28. The summed E-state index contributed by atoms with van der Waals surface area (Å²) < 4.78 is 10.7. The lowest BCUT2D eigenvalue weighted by atomic mass is 10.1. The van der Waals surface area contributed by atoms with Crippen LogP contribution in [0.5, 0.6) is 11.5 Å². The molecule has 0 unspecified atom stereocenters. The molecule has 3 rings (SSSR count). The molecule has 140 valence electrons. The van der Waals surface area contributed by atoms with Crippen molar-refractivity contribution < 1.29 is 14.3 Å². The van der Waals surface area contributed by atoms with Gasteiger partial charge in [-0.1, -0.05) is 12.1 Å². The minimum absolute atomic E-state index is 0.167.